The van der Waals surface area contributed by atoms with E-state index in [1.54, 1.807) is 0 Å². The van der Waals surface area contributed by atoms with Crippen LogP contribution < -0.4 is 0 Å². The zero-order valence-electron chi connectivity index (χ0n) is 7.05. The first-order valence-electron chi connectivity index (χ1n) is 3.97. The highest BCUT2D eigenvalue weighted by molar-refractivity contribution is 7.86. The van der Waals surface area contributed by atoms with Crippen LogP contribution in [0, 0.1) is 5.41 Å². The van der Waals surface area contributed by atoms with E-state index in [0.717, 1.165) is 6.42 Å². The first kappa shape index (κ1) is 9.92. The number of rotatable bonds is 4. The lowest BCUT2D eigenvalue weighted by Gasteiger charge is -2.40. The van der Waals surface area contributed by atoms with Crippen molar-refractivity contribution in [3.63, 3.8) is 0 Å². The largest absolute Gasteiger partial charge is 0.380 e. The Morgan fingerprint density at radius 2 is 2.08 bits per heavy atom. The Morgan fingerprint density at radius 1 is 1.50 bits per heavy atom. The fourth-order valence-electron chi connectivity index (χ4n) is 1.25. The zero-order chi connectivity index (χ0) is 9.24. The van der Waals surface area contributed by atoms with E-state index in [-0.39, 0.29) is 11.2 Å². The van der Waals surface area contributed by atoms with Gasteiger partial charge in [0.2, 0.25) is 0 Å². The molecule has 0 radical (unpaired) electrons. The van der Waals surface area contributed by atoms with Gasteiger partial charge < -0.3 is 4.74 Å². The van der Waals surface area contributed by atoms with Gasteiger partial charge in [0.15, 0.2) is 0 Å². The van der Waals surface area contributed by atoms with Crippen molar-refractivity contribution in [1.29, 1.82) is 0 Å². The molecule has 12 heavy (non-hydrogen) atoms. The van der Waals surface area contributed by atoms with Gasteiger partial charge in [0.05, 0.1) is 19.0 Å². The molecule has 1 saturated heterocycles. The van der Waals surface area contributed by atoms with E-state index in [4.69, 9.17) is 4.74 Å². The molecule has 1 aliphatic heterocycles. The van der Waals surface area contributed by atoms with Gasteiger partial charge in [-0.1, -0.05) is 6.92 Å². The third kappa shape index (κ3) is 2.42. The second kappa shape index (κ2) is 3.30. The second-order valence-electron chi connectivity index (χ2n) is 3.34. The van der Waals surface area contributed by atoms with Crippen LogP contribution in [0.3, 0.4) is 0 Å². The molecule has 1 aliphatic rings. The van der Waals surface area contributed by atoms with Crippen molar-refractivity contribution >= 4 is 10.2 Å². The van der Waals surface area contributed by atoms with Gasteiger partial charge in [-0.2, -0.15) is 8.42 Å². The average molecular weight is 196 g/mol. The summed E-state index contributed by atoms with van der Waals surface area (Å²) in [5, 5.41) is 0. The fourth-order valence-corrected chi connectivity index (χ4v) is 1.93. The first-order chi connectivity index (χ1) is 5.47. The summed E-state index contributed by atoms with van der Waals surface area (Å²) >= 11 is 0. The molecule has 0 atom stereocenters. The van der Waals surface area contributed by atoms with Crippen molar-refractivity contribution in [2.75, 3.05) is 19.0 Å². The number of ether oxygens (including phenoxy) is 1. The van der Waals surface area contributed by atoms with Crippen LogP contribution in [-0.2, 0) is 15.0 Å². The smallest absolute Gasteiger partial charge is 0.302 e. The van der Waals surface area contributed by atoms with Gasteiger partial charge >= 0.3 is 10.2 Å². The molecule has 0 N–H and O–H groups in total. The van der Waals surface area contributed by atoms with Gasteiger partial charge in [-0.3, -0.25) is 0 Å². The standard InChI is InChI=1S/C7H13FO3S/c1-2-7(5-11-6-7)3-4-12(8,9)10/h2-6H2,1H3. The molecule has 0 aromatic rings. The molecule has 0 unspecified atom stereocenters. The Bertz CT molecular complexity index is 238. The van der Waals surface area contributed by atoms with E-state index in [1.165, 1.54) is 0 Å². The fraction of sp³-hybridized carbons (Fsp3) is 1.00. The van der Waals surface area contributed by atoms with Crippen LogP contribution in [0.5, 0.6) is 0 Å². The molecule has 0 aliphatic carbocycles. The molecule has 0 spiro atoms. The van der Waals surface area contributed by atoms with E-state index in [9.17, 15) is 12.3 Å². The van der Waals surface area contributed by atoms with E-state index < -0.39 is 10.2 Å². The molecule has 3 nitrogen and oxygen atoms in total. The van der Waals surface area contributed by atoms with Crippen LogP contribution in [-0.4, -0.2) is 27.4 Å². The normalized spacial score (nSPS) is 21.8. The molecule has 0 bridgehead atoms. The molecule has 0 aromatic heterocycles. The Hall–Kier alpha value is -0.160. The summed E-state index contributed by atoms with van der Waals surface area (Å²) in [6.07, 6.45) is 1.23. The number of hydrogen-bond acceptors (Lipinski definition) is 3. The van der Waals surface area contributed by atoms with E-state index in [0.29, 0.717) is 19.6 Å². The molecule has 1 rings (SSSR count). The minimum Gasteiger partial charge on any atom is -0.380 e. The van der Waals surface area contributed by atoms with E-state index in [2.05, 4.69) is 0 Å². The molecule has 0 amide bonds. The van der Waals surface area contributed by atoms with E-state index >= 15 is 0 Å². The van der Waals surface area contributed by atoms with Gasteiger partial charge in [-0.15, -0.1) is 3.89 Å². The van der Waals surface area contributed by atoms with Crippen LogP contribution >= 0.6 is 0 Å². The van der Waals surface area contributed by atoms with Gasteiger partial charge in [0.1, 0.15) is 0 Å². The minimum absolute atomic E-state index is 0.0703. The summed E-state index contributed by atoms with van der Waals surface area (Å²) in [6.45, 7) is 3.10. The minimum atomic E-state index is -4.30. The summed E-state index contributed by atoms with van der Waals surface area (Å²) < 4.78 is 37.6. The predicted octanol–water partition coefficient (Wildman–Crippen LogP) is 1.10. The molecule has 72 valence electrons. The topological polar surface area (TPSA) is 43.4 Å². The molecule has 0 saturated carbocycles. The van der Waals surface area contributed by atoms with Gasteiger partial charge in [0.25, 0.3) is 0 Å². The molecule has 1 heterocycles. The maximum Gasteiger partial charge on any atom is 0.302 e. The van der Waals surface area contributed by atoms with Crippen LogP contribution in [0.15, 0.2) is 0 Å². The highest BCUT2D eigenvalue weighted by Crippen LogP contribution is 2.35. The summed E-state index contributed by atoms with van der Waals surface area (Å²) in [5.41, 5.74) is -0.0703. The van der Waals surface area contributed by atoms with Crippen LogP contribution in [0.1, 0.15) is 19.8 Å². The molecule has 0 aromatic carbocycles. The second-order valence-corrected chi connectivity index (χ2v) is 4.83. The Balaban J connectivity index is 2.40. The van der Waals surface area contributed by atoms with Crippen molar-refractivity contribution in [2.45, 2.75) is 19.8 Å². The Labute approximate surface area is 72.1 Å². The maximum absolute atomic E-state index is 12.1. The lowest BCUT2D eigenvalue weighted by atomic mass is 9.81. The highest BCUT2D eigenvalue weighted by atomic mass is 32.3. The summed E-state index contributed by atoms with van der Waals surface area (Å²) in [4.78, 5) is 0. The highest BCUT2D eigenvalue weighted by Gasteiger charge is 2.37. The SMILES string of the molecule is CCC1(CCS(=O)(=O)F)COC1. The van der Waals surface area contributed by atoms with Gasteiger partial charge in [-0.25, -0.2) is 0 Å². The van der Waals surface area contributed by atoms with Crippen LogP contribution in [0.4, 0.5) is 3.89 Å². The van der Waals surface area contributed by atoms with Gasteiger partial charge in [-0.05, 0) is 12.8 Å². The van der Waals surface area contributed by atoms with Crippen molar-refractivity contribution < 1.29 is 17.0 Å². The molecular formula is C7H13FO3S. The Kier molecular flexibility index (Phi) is 2.73. The quantitative estimate of drug-likeness (QED) is 0.632. The lowest BCUT2D eigenvalue weighted by molar-refractivity contribution is -0.116. The lowest BCUT2D eigenvalue weighted by Crippen LogP contribution is -2.43. The van der Waals surface area contributed by atoms with E-state index in [1.807, 2.05) is 6.92 Å². The summed E-state index contributed by atoms with van der Waals surface area (Å²) in [6, 6.07) is 0. The third-order valence-electron chi connectivity index (χ3n) is 2.44. The zero-order valence-corrected chi connectivity index (χ0v) is 7.86. The van der Waals surface area contributed by atoms with Crippen molar-refractivity contribution in [3.05, 3.63) is 0 Å². The van der Waals surface area contributed by atoms with Crippen molar-refractivity contribution in [3.8, 4) is 0 Å². The predicted molar refractivity (Wildman–Crippen MR) is 43.1 cm³/mol. The van der Waals surface area contributed by atoms with Crippen LogP contribution in [0.2, 0.25) is 0 Å². The maximum atomic E-state index is 12.1. The molecule has 5 heteroatoms. The van der Waals surface area contributed by atoms with Gasteiger partial charge in [0, 0.05) is 5.41 Å². The average Bonchev–Trinajstić information content (AvgIpc) is 1.84. The van der Waals surface area contributed by atoms with Crippen molar-refractivity contribution in [2.24, 2.45) is 5.41 Å². The molecular weight excluding hydrogens is 183 g/mol. The third-order valence-corrected chi connectivity index (χ3v) is 3.13. The van der Waals surface area contributed by atoms with Crippen molar-refractivity contribution in [1.82, 2.24) is 0 Å². The monoisotopic (exact) mass is 196 g/mol. The summed E-state index contributed by atoms with van der Waals surface area (Å²) in [5.74, 6) is -0.371. The number of hydrogen-bond donors (Lipinski definition) is 0. The molecule has 1 fully saturated rings. The Morgan fingerprint density at radius 3 is 2.33 bits per heavy atom. The summed E-state index contributed by atoms with van der Waals surface area (Å²) in [7, 11) is -4.30. The number of halogens is 1. The first-order valence-corrected chi connectivity index (χ1v) is 5.53. The van der Waals surface area contributed by atoms with Crippen LogP contribution in [0.25, 0.3) is 0 Å².